The molecule has 4 nitrogen and oxygen atoms in total. The Hall–Kier alpha value is -1.68. The number of nitrogens with two attached hydrogens (primary N) is 1. The number of rotatable bonds is 2. The van der Waals surface area contributed by atoms with Crippen LogP contribution in [0.3, 0.4) is 0 Å². The summed E-state index contributed by atoms with van der Waals surface area (Å²) >= 11 is 0. The molecule has 2 aromatic heterocycles. The van der Waals surface area contributed by atoms with Gasteiger partial charge in [-0.15, -0.1) is 0 Å². The smallest absolute Gasteiger partial charge is 0.150 e. The minimum absolute atomic E-state index is 0.367. The maximum absolute atomic E-state index is 5.43. The first-order valence-corrected chi connectivity index (χ1v) is 4.38. The van der Waals surface area contributed by atoms with Crippen LogP contribution in [-0.2, 0) is 6.54 Å². The van der Waals surface area contributed by atoms with E-state index >= 15 is 0 Å². The molecule has 0 aliphatic rings. The van der Waals surface area contributed by atoms with Gasteiger partial charge in [0.25, 0.3) is 0 Å². The van der Waals surface area contributed by atoms with Gasteiger partial charge in [-0.3, -0.25) is 4.98 Å². The van der Waals surface area contributed by atoms with Gasteiger partial charge in [-0.05, 0) is 18.6 Å². The van der Waals surface area contributed by atoms with Crippen LogP contribution in [0, 0.1) is 6.92 Å². The summed E-state index contributed by atoms with van der Waals surface area (Å²) in [7, 11) is 0. The molecule has 0 fully saturated rings. The first kappa shape index (κ1) is 8.90. The van der Waals surface area contributed by atoms with Crippen molar-refractivity contribution in [2.24, 2.45) is 5.73 Å². The first-order valence-electron chi connectivity index (χ1n) is 4.38. The number of pyridine rings is 1. The fourth-order valence-corrected chi connectivity index (χ4v) is 1.27. The van der Waals surface area contributed by atoms with Crippen LogP contribution in [0.25, 0.3) is 11.3 Å². The zero-order chi connectivity index (χ0) is 9.97. The second kappa shape index (κ2) is 3.59. The van der Waals surface area contributed by atoms with Crippen LogP contribution in [-0.4, -0.2) is 10.1 Å². The van der Waals surface area contributed by atoms with E-state index in [1.165, 1.54) is 0 Å². The standard InChI is InChI=1S/C10H11N3O/c1-7-2-3-12-6-9(7)10-4-8(5-11)14-13-10/h2-4,6H,5,11H2,1H3. The molecule has 4 heteroatoms. The molecule has 0 amide bonds. The number of aromatic nitrogens is 2. The van der Waals surface area contributed by atoms with Crippen molar-refractivity contribution in [3.8, 4) is 11.3 Å². The van der Waals surface area contributed by atoms with Crippen molar-refractivity contribution >= 4 is 0 Å². The Morgan fingerprint density at radius 1 is 1.50 bits per heavy atom. The molecule has 0 aliphatic carbocycles. The average Bonchev–Trinajstić information content (AvgIpc) is 2.67. The second-order valence-electron chi connectivity index (χ2n) is 3.07. The molecular formula is C10H11N3O. The number of hydrogen-bond acceptors (Lipinski definition) is 4. The monoisotopic (exact) mass is 189 g/mol. The molecule has 2 aromatic rings. The molecule has 0 bridgehead atoms. The maximum atomic E-state index is 5.43. The predicted octanol–water partition coefficient (Wildman–Crippen LogP) is 1.50. The molecule has 0 unspecified atom stereocenters. The normalized spacial score (nSPS) is 10.4. The minimum Gasteiger partial charge on any atom is -0.359 e. The Morgan fingerprint density at radius 3 is 3.00 bits per heavy atom. The van der Waals surface area contributed by atoms with Crippen molar-refractivity contribution in [1.29, 1.82) is 0 Å². The molecule has 0 saturated carbocycles. The molecule has 2 N–H and O–H groups in total. The van der Waals surface area contributed by atoms with E-state index in [0.717, 1.165) is 16.8 Å². The largest absolute Gasteiger partial charge is 0.359 e. The Labute approximate surface area is 81.7 Å². The lowest BCUT2D eigenvalue weighted by Crippen LogP contribution is -1.92. The zero-order valence-corrected chi connectivity index (χ0v) is 7.90. The van der Waals surface area contributed by atoms with E-state index in [4.69, 9.17) is 10.3 Å². The van der Waals surface area contributed by atoms with E-state index < -0.39 is 0 Å². The van der Waals surface area contributed by atoms with Crippen molar-refractivity contribution < 1.29 is 4.52 Å². The zero-order valence-electron chi connectivity index (χ0n) is 7.90. The molecule has 0 spiro atoms. The second-order valence-corrected chi connectivity index (χ2v) is 3.07. The Kier molecular flexibility index (Phi) is 2.28. The molecule has 0 aliphatic heterocycles. The topological polar surface area (TPSA) is 64.9 Å². The van der Waals surface area contributed by atoms with Crippen LogP contribution in [0.2, 0.25) is 0 Å². The summed E-state index contributed by atoms with van der Waals surface area (Å²) in [6.45, 7) is 2.38. The summed E-state index contributed by atoms with van der Waals surface area (Å²) in [6.07, 6.45) is 3.52. The van der Waals surface area contributed by atoms with E-state index in [1.807, 2.05) is 19.1 Å². The van der Waals surface area contributed by atoms with Crippen LogP contribution in [0.15, 0.2) is 29.0 Å². The maximum Gasteiger partial charge on any atom is 0.150 e. The summed E-state index contributed by atoms with van der Waals surface area (Å²) in [5.74, 6) is 0.684. The van der Waals surface area contributed by atoms with Gasteiger partial charge >= 0.3 is 0 Å². The highest BCUT2D eigenvalue weighted by Gasteiger charge is 2.07. The lowest BCUT2D eigenvalue weighted by atomic mass is 10.1. The molecular weight excluding hydrogens is 178 g/mol. The average molecular weight is 189 g/mol. The van der Waals surface area contributed by atoms with Crippen LogP contribution >= 0.6 is 0 Å². The van der Waals surface area contributed by atoms with Gasteiger partial charge in [-0.1, -0.05) is 5.16 Å². The molecule has 0 saturated heterocycles. The molecule has 2 rings (SSSR count). The van der Waals surface area contributed by atoms with Gasteiger partial charge in [0.15, 0.2) is 5.76 Å². The third-order valence-corrected chi connectivity index (χ3v) is 2.08. The number of aryl methyl sites for hydroxylation is 1. The molecule has 72 valence electrons. The third-order valence-electron chi connectivity index (χ3n) is 2.08. The van der Waals surface area contributed by atoms with Gasteiger partial charge < -0.3 is 10.3 Å². The first-order chi connectivity index (χ1) is 6.81. The van der Waals surface area contributed by atoms with Crippen molar-refractivity contribution in [3.05, 3.63) is 35.9 Å². The van der Waals surface area contributed by atoms with Crippen molar-refractivity contribution in [1.82, 2.24) is 10.1 Å². The summed E-state index contributed by atoms with van der Waals surface area (Å²) in [5.41, 5.74) is 8.32. The molecule has 0 aromatic carbocycles. The SMILES string of the molecule is Cc1ccncc1-c1cc(CN)on1. The molecule has 2 heterocycles. The van der Waals surface area contributed by atoms with Gasteiger partial charge in [-0.2, -0.15) is 0 Å². The van der Waals surface area contributed by atoms with Crippen molar-refractivity contribution in [2.75, 3.05) is 0 Å². The van der Waals surface area contributed by atoms with E-state index in [0.29, 0.717) is 12.3 Å². The quantitative estimate of drug-likeness (QED) is 0.777. The van der Waals surface area contributed by atoms with E-state index in [-0.39, 0.29) is 0 Å². The van der Waals surface area contributed by atoms with Crippen LogP contribution in [0.4, 0.5) is 0 Å². The molecule has 14 heavy (non-hydrogen) atoms. The van der Waals surface area contributed by atoms with Crippen molar-refractivity contribution in [3.63, 3.8) is 0 Å². The number of hydrogen-bond donors (Lipinski definition) is 1. The lowest BCUT2D eigenvalue weighted by Gasteiger charge is -1.98. The third kappa shape index (κ3) is 1.52. The van der Waals surface area contributed by atoms with Gasteiger partial charge in [0, 0.05) is 24.0 Å². The van der Waals surface area contributed by atoms with Crippen LogP contribution in [0.1, 0.15) is 11.3 Å². The Balaban J connectivity index is 2.44. The van der Waals surface area contributed by atoms with E-state index in [2.05, 4.69) is 10.1 Å². The number of nitrogens with zero attached hydrogens (tertiary/aromatic N) is 2. The van der Waals surface area contributed by atoms with Crippen LogP contribution < -0.4 is 5.73 Å². The van der Waals surface area contributed by atoms with Gasteiger partial charge in [0.1, 0.15) is 5.69 Å². The Morgan fingerprint density at radius 2 is 2.36 bits per heavy atom. The summed E-state index contributed by atoms with van der Waals surface area (Å²) < 4.78 is 5.02. The predicted molar refractivity (Wildman–Crippen MR) is 52.4 cm³/mol. The van der Waals surface area contributed by atoms with Crippen LogP contribution in [0.5, 0.6) is 0 Å². The van der Waals surface area contributed by atoms with E-state index in [9.17, 15) is 0 Å². The highest BCUT2D eigenvalue weighted by molar-refractivity contribution is 5.61. The molecule has 0 atom stereocenters. The van der Waals surface area contributed by atoms with E-state index in [1.54, 1.807) is 12.4 Å². The fraction of sp³-hybridized carbons (Fsp3) is 0.200. The van der Waals surface area contributed by atoms with Gasteiger partial charge in [0.05, 0.1) is 6.54 Å². The summed E-state index contributed by atoms with van der Waals surface area (Å²) in [6, 6.07) is 3.77. The minimum atomic E-state index is 0.367. The highest BCUT2D eigenvalue weighted by Crippen LogP contribution is 2.21. The van der Waals surface area contributed by atoms with Gasteiger partial charge in [0.2, 0.25) is 0 Å². The highest BCUT2D eigenvalue weighted by atomic mass is 16.5. The summed E-state index contributed by atoms with van der Waals surface area (Å²) in [4.78, 5) is 4.04. The summed E-state index contributed by atoms with van der Waals surface area (Å²) in [5, 5.41) is 3.92. The molecule has 0 radical (unpaired) electrons. The van der Waals surface area contributed by atoms with Crippen molar-refractivity contribution in [2.45, 2.75) is 13.5 Å². The van der Waals surface area contributed by atoms with Gasteiger partial charge in [-0.25, -0.2) is 0 Å². The Bertz CT molecular complexity index is 436. The fourth-order valence-electron chi connectivity index (χ4n) is 1.27. The lowest BCUT2D eigenvalue weighted by molar-refractivity contribution is 0.387.